The fourth-order valence-corrected chi connectivity index (χ4v) is 8.23. The molecule has 3 saturated heterocycles. The molecule has 3 aliphatic heterocycles. The molecule has 47 heavy (non-hydrogen) atoms. The quantitative estimate of drug-likeness (QED) is 0.262. The van der Waals surface area contributed by atoms with Crippen molar-refractivity contribution in [1.82, 2.24) is 30.0 Å². The fourth-order valence-electron chi connectivity index (χ4n) is 8.23. The lowest BCUT2D eigenvalue weighted by Gasteiger charge is -2.51. The second-order valence-corrected chi connectivity index (χ2v) is 14.4. The van der Waals surface area contributed by atoms with Crippen LogP contribution in [-0.4, -0.2) is 93.8 Å². The van der Waals surface area contributed by atoms with Crippen LogP contribution in [0.5, 0.6) is 6.01 Å². The predicted molar refractivity (Wildman–Crippen MR) is 181 cm³/mol. The normalized spacial score (nSPS) is 24.4. The van der Waals surface area contributed by atoms with Gasteiger partial charge in [-0.1, -0.05) is 19.3 Å². The van der Waals surface area contributed by atoms with Gasteiger partial charge in [0.1, 0.15) is 23.6 Å². The lowest BCUT2D eigenvalue weighted by atomic mass is 9.62. The van der Waals surface area contributed by atoms with E-state index in [1.54, 1.807) is 26.6 Å². The monoisotopic (exact) mass is 645 g/mol. The average molecular weight is 646 g/mol. The highest BCUT2D eigenvalue weighted by Gasteiger charge is 2.47. The van der Waals surface area contributed by atoms with Crippen LogP contribution in [0.15, 0.2) is 24.5 Å². The molecule has 0 atom stereocenters. The number of fused-ring (bicyclic) bond motifs is 3. The minimum absolute atomic E-state index is 0.0339. The number of nitrogens with one attached hydrogen (secondary N) is 1. The van der Waals surface area contributed by atoms with E-state index >= 15 is 4.39 Å². The molecular formula is C36H48FN7O3. The van der Waals surface area contributed by atoms with Crippen LogP contribution in [0.2, 0.25) is 0 Å². The van der Waals surface area contributed by atoms with Crippen LogP contribution in [-0.2, 0) is 4.74 Å². The Kier molecular flexibility index (Phi) is 9.06. The van der Waals surface area contributed by atoms with Crippen molar-refractivity contribution in [3.63, 3.8) is 0 Å². The van der Waals surface area contributed by atoms with Gasteiger partial charge >= 0.3 is 6.01 Å². The van der Waals surface area contributed by atoms with Gasteiger partial charge in [0, 0.05) is 44.5 Å². The van der Waals surface area contributed by atoms with Crippen LogP contribution >= 0.6 is 0 Å². The van der Waals surface area contributed by atoms with Gasteiger partial charge < -0.3 is 19.5 Å². The molecule has 11 heteroatoms. The summed E-state index contributed by atoms with van der Waals surface area (Å²) in [4.78, 5) is 19.1. The van der Waals surface area contributed by atoms with Crippen molar-refractivity contribution < 1.29 is 19.0 Å². The Bertz CT molecular complexity index is 1700. The summed E-state index contributed by atoms with van der Waals surface area (Å²) in [6.45, 7) is 6.31. The van der Waals surface area contributed by atoms with Crippen molar-refractivity contribution in [3.8, 4) is 17.3 Å². The molecule has 0 bridgehead atoms. The lowest BCUT2D eigenvalue weighted by Crippen LogP contribution is -2.52. The maximum absolute atomic E-state index is 16.6. The largest absolute Gasteiger partial charge is 0.461 e. The topological polar surface area (TPSA) is 113 Å². The number of aromatic amines is 1. The zero-order valence-electron chi connectivity index (χ0n) is 28.0. The first kappa shape index (κ1) is 32.2. The molecule has 1 spiro atoms. The van der Waals surface area contributed by atoms with Crippen LogP contribution in [0.1, 0.15) is 76.2 Å². The number of aliphatic hydroxyl groups is 1. The summed E-state index contributed by atoms with van der Waals surface area (Å²) in [7, 11) is 3.25. The first-order valence-electron chi connectivity index (χ1n) is 17.4. The highest BCUT2D eigenvalue weighted by Crippen LogP contribution is 2.49. The van der Waals surface area contributed by atoms with E-state index in [4.69, 9.17) is 14.7 Å². The van der Waals surface area contributed by atoms with Crippen LogP contribution in [0, 0.1) is 18.2 Å². The van der Waals surface area contributed by atoms with Crippen LogP contribution in [0.25, 0.3) is 33.1 Å². The molecule has 4 aromatic rings. The Balaban J connectivity index is 0.000000538. The van der Waals surface area contributed by atoms with Crippen molar-refractivity contribution in [3.05, 3.63) is 35.9 Å². The van der Waals surface area contributed by atoms with Crippen molar-refractivity contribution in [1.29, 1.82) is 0 Å². The van der Waals surface area contributed by atoms with E-state index in [1.807, 2.05) is 19.1 Å². The number of anilines is 1. The molecule has 252 valence electrons. The molecule has 2 saturated carbocycles. The molecule has 2 N–H and O–H groups in total. The number of H-pyrrole nitrogens is 1. The summed E-state index contributed by atoms with van der Waals surface area (Å²) < 4.78 is 27.2. The van der Waals surface area contributed by atoms with Crippen molar-refractivity contribution in [2.75, 3.05) is 51.9 Å². The Hall–Kier alpha value is -3.41. The standard InChI is InChI=1S/C31H36FN7O2.C3H6.C2H6O/c1-19-11-21(22-16-34-37-24(22)12-19)26-25(32)27-23(15-33-26)28(38-8-2-5-30(17-38)13-20(40)14-30)36-29(35-27)41-18-31-6-3-9-39(31)10-4-7-31;1-2-3-1;1-3-2/h11-12,15-16,20,40H,2-10,13-14,17-18H2,1H3,(H,34,37);1-3H2;1-2H3. The molecule has 0 unspecified atom stereocenters. The van der Waals surface area contributed by atoms with E-state index < -0.39 is 5.82 Å². The Labute approximate surface area is 276 Å². The van der Waals surface area contributed by atoms with Gasteiger partial charge in [-0.25, -0.2) is 4.39 Å². The molecule has 0 radical (unpaired) electrons. The number of aliphatic hydroxyl groups excluding tert-OH is 1. The van der Waals surface area contributed by atoms with Gasteiger partial charge in [0.05, 0.1) is 28.7 Å². The number of benzene rings is 1. The second-order valence-electron chi connectivity index (χ2n) is 14.4. The summed E-state index contributed by atoms with van der Waals surface area (Å²) in [5, 5.41) is 18.7. The van der Waals surface area contributed by atoms with E-state index in [-0.39, 0.29) is 34.3 Å². The Morgan fingerprint density at radius 1 is 0.957 bits per heavy atom. The molecule has 2 aliphatic carbocycles. The van der Waals surface area contributed by atoms with Crippen molar-refractivity contribution in [2.45, 2.75) is 89.2 Å². The highest BCUT2D eigenvalue weighted by atomic mass is 19.1. The molecule has 5 fully saturated rings. The molecule has 1 aromatic carbocycles. The van der Waals surface area contributed by atoms with E-state index in [1.165, 1.54) is 32.1 Å². The highest BCUT2D eigenvalue weighted by molar-refractivity contribution is 5.98. The van der Waals surface area contributed by atoms with Crippen LogP contribution < -0.4 is 9.64 Å². The second kappa shape index (κ2) is 13.2. The number of ether oxygens (including phenoxy) is 2. The summed E-state index contributed by atoms with van der Waals surface area (Å²) >= 11 is 0. The summed E-state index contributed by atoms with van der Waals surface area (Å²) in [6, 6.07) is 4.16. The summed E-state index contributed by atoms with van der Waals surface area (Å²) in [6.07, 6.45) is 16.0. The zero-order valence-corrected chi connectivity index (χ0v) is 28.0. The molecule has 0 amide bonds. The molecule has 3 aromatic heterocycles. The Morgan fingerprint density at radius 3 is 2.38 bits per heavy atom. The zero-order chi connectivity index (χ0) is 32.6. The van der Waals surface area contributed by atoms with E-state index in [0.29, 0.717) is 23.4 Å². The average Bonchev–Trinajstić information content (AvgIpc) is 3.62. The van der Waals surface area contributed by atoms with E-state index in [2.05, 4.69) is 29.7 Å². The first-order chi connectivity index (χ1) is 22.8. The van der Waals surface area contributed by atoms with Crippen LogP contribution in [0.4, 0.5) is 10.2 Å². The number of pyridine rings is 1. The molecular weight excluding hydrogens is 597 g/mol. The van der Waals surface area contributed by atoms with Gasteiger partial charge in [0.25, 0.3) is 0 Å². The van der Waals surface area contributed by atoms with Gasteiger partial charge in [-0.15, -0.1) is 0 Å². The number of hydrogen-bond donors (Lipinski definition) is 2. The number of nitrogens with zero attached hydrogens (tertiary/aromatic N) is 6. The van der Waals surface area contributed by atoms with Crippen LogP contribution in [0.3, 0.4) is 0 Å². The number of piperidine rings is 1. The minimum Gasteiger partial charge on any atom is -0.461 e. The molecule has 9 rings (SSSR count). The third kappa shape index (κ3) is 6.41. The molecule has 10 nitrogen and oxygen atoms in total. The van der Waals surface area contributed by atoms with Gasteiger partial charge in [0.2, 0.25) is 0 Å². The Morgan fingerprint density at radius 2 is 1.68 bits per heavy atom. The molecule has 6 heterocycles. The van der Waals surface area contributed by atoms with Crippen molar-refractivity contribution in [2.24, 2.45) is 5.41 Å². The summed E-state index contributed by atoms with van der Waals surface area (Å²) in [5.74, 6) is 0.199. The predicted octanol–water partition coefficient (Wildman–Crippen LogP) is 6.20. The van der Waals surface area contributed by atoms with Gasteiger partial charge in [-0.3, -0.25) is 15.0 Å². The first-order valence-corrected chi connectivity index (χ1v) is 17.4. The van der Waals surface area contributed by atoms with Crippen molar-refractivity contribution >= 4 is 27.6 Å². The maximum Gasteiger partial charge on any atom is 0.319 e. The maximum atomic E-state index is 16.6. The number of aryl methyl sites for hydroxylation is 1. The third-order valence-electron chi connectivity index (χ3n) is 10.5. The number of hydrogen-bond acceptors (Lipinski definition) is 9. The lowest BCUT2D eigenvalue weighted by molar-refractivity contribution is -0.0396. The van der Waals surface area contributed by atoms with E-state index in [0.717, 1.165) is 81.2 Å². The number of aromatic nitrogens is 5. The van der Waals surface area contributed by atoms with E-state index in [9.17, 15) is 5.11 Å². The molecule has 5 aliphatic rings. The summed E-state index contributed by atoms with van der Waals surface area (Å²) in [5.41, 5.74) is 3.11. The number of methoxy groups -OCH3 is 1. The SMILES string of the molecule is C1CC1.COC.Cc1cc(-c2ncc3c(N4CCCC5(CC(O)C5)C4)nc(OCC45CCCN4CCC5)nc3c2F)c2cn[nH]c2c1. The van der Waals surface area contributed by atoms with Gasteiger partial charge in [-0.05, 0) is 94.5 Å². The third-order valence-corrected chi connectivity index (χ3v) is 10.5. The van der Waals surface area contributed by atoms with Gasteiger partial charge in [-0.2, -0.15) is 15.1 Å². The van der Waals surface area contributed by atoms with Gasteiger partial charge in [0.15, 0.2) is 5.82 Å². The number of rotatable bonds is 5. The number of halogens is 1. The smallest absolute Gasteiger partial charge is 0.319 e. The fraction of sp³-hybridized carbons (Fsp3) is 0.611. The minimum atomic E-state index is -0.476.